The molecule has 1 saturated heterocycles. The van der Waals surface area contributed by atoms with Crippen LogP contribution in [0.2, 0.25) is 8.67 Å². The molecular weight excluding hydrogens is 345 g/mol. The molecule has 1 aromatic rings. The summed E-state index contributed by atoms with van der Waals surface area (Å²) in [6, 6.07) is 1.66. The molecule has 2 heterocycles. The first-order valence-corrected chi connectivity index (χ1v) is 8.11. The summed E-state index contributed by atoms with van der Waals surface area (Å²) in [6.45, 7) is 1.65. The lowest BCUT2D eigenvalue weighted by Gasteiger charge is -2.15. The maximum absolute atomic E-state index is 12.2. The summed E-state index contributed by atoms with van der Waals surface area (Å²) in [5.74, 6) is 0.612. The van der Waals surface area contributed by atoms with Crippen molar-refractivity contribution in [1.29, 1.82) is 0 Å². The van der Waals surface area contributed by atoms with Crippen LogP contribution in [0.3, 0.4) is 0 Å². The van der Waals surface area contributed by atoms with Crippen molar-refractivity contribution in [1.82, 2.24) is 4.90 Å². The monoisotopic (exact) mass is 355 g/mol. The first kappa shape index (κ1) is 13.7. The van der Waals surface area contributed by atoms with Crippen molar-refractivity contribution < 1.29 is 4.79 Å². The molecule has 1 aliphatic heterocycles. The van der Waals surface area contributed by atoms with Gasteiger partial charge in [0.25, 0.3) is 5.91 Å². The van der Waals surface area contributed by atoms with Gasteiger partial charge < -0.3 is 4.90 Å². The van der Waals surface area contributed by atoms with E-state index < -0.39 is 0 Å². The minimum Gasteiger partial charge on any atom is -0.338 e. The molecule has 2 nitrogen and oxygen atoms in total. The third-order valence-corrected chi connectivity index (χ3v) is 4.92. The van der Waals surface area contributed by atoms with Gasteiger partial charge in [0, 0.05) is 18.4 Å². The molecule has 17 heavy (non-hydrogen) atoms. The van der Waals surface area contributed by atoms with Gasteiger partial charge in [-0.1, -0.05) is 39.1 Å². The molecule has 6 heteroatoms. The van der Waals surface area contributed by atoms with E-state index in [1.54, 1.807) is 6.07 Å². The third kappa shape index (κ3) is 3.16. The van der Waals surface area contributed by atoms with Crippen molar-refractivity contribution >= 4 is 56.4 Å². The van der Waals surface area contributed by atoms with Gasteiger partial charge >= 0.3 is 0 Å². The van der Waals surface area contributed by atoms with Crippen LogP contribution >= 0.6 is 50.5 Å². The van der Waals surface area contributed by atoms with Crippen molar-refractivity contribution in [2.24, 2.45) is 5.92 Å². The van der Waals surface area contributed by atoms with E-state index in [1.165, 1.54) is 11.3 Å². The van der Waals surface area contributed by atoms with Crippen molar-refractivity contribution in [3.8, 4) is 0 Å². The molecule has 0 aromatic carbocycles. The van der Waals surface area contributed by atoms with Crippen LogP contribution in [-0.2, 0) is 0 Å². The van der Waals surface area contributed by atoms with Crippen molar-refractivity contribution in [2.75, 3.05) is 18.4 Å². The fraction of sp³-hybridized carbons (Fsp3) is 0.545. The predicted molar refractivity (Wildman–Crippen MR) is 76.8 cm³/mol. The lowest BCUT2D eigenvalue weighted by atomic mass is 10.1. The molecule has 0 N–H and O–H groups in total. The maximum atomic E-state index is 12.2. The lowest BCUT2D eigenvalue weighted by Crippen LogP contribution is -2.28. The van der Waals surface area contributed by atoms with E-state index in [2.05, 4.69) is 15.9 Å². The van der Waals surface area contributed by atoms with Gasteiger partial charge in [-0.25, -0.2) is 0 Å². The lowest BCUT2D eigenvalue weighted by molar-refractivity contribution is 0.0787. The Morgan fingerprint density at radius 2 is 2.35 bits per heavy atom. The van der Waals surface area contributed by atoms with Crippen molar-refractivity contribution in [2.45, 2.75) is 12.8 Å². The number of thiophene rings is 1. The number of nitrogens with zero attached hydrogens (tertiary/aromatic N) is 1. The molecule has 1 aliphatic rings. The molecule has 0 saturated carbocycles. The zero-order chi connectivity index (χ0) is 12.4. The minimum atomic E-state index is 0.00947. The Kier molecular flexibility index (Phi) is 4.75. The fourth-order valence-electron chi connectivity index (χ4n) is 2.06. The van der Waals surface area contributed by atoms with Crippen molar-refractivity contribution in [3.63, 3.8) is 0 Å². The highest BCUT2D eigenvalue weighted by molar-refractivity contribution is 9.09. The highest BCUT2D eigenvalue weighted by Gasteiger charge is 2.28. The molecule has 1 fully saturated rings. The Hall–Kier alpha value is 0.230. The Bertz CT molecular complexity index is 424. The molecule has 1 amide bonds. The van der Waals surface area contributed by atoms with Crippen molar-refractivity contribution in [3.05, 3.63) is 20.3 Å². The van der Waals surface area contributed by atoms with Crippen LogP contribution in [-0.4, -0.2) is 29.2 Å². The van der Waals surface area contributed by atoms with Crippen LogP contribution in [0.4, 0.5) is 0 Å². The summed E-state index contributed by atoms with van der Waals surface area (Å²) in [5, 5.41) is 0.991. The van der Waals surface area contributed by atoms with Crippen LogP contribution in [0.1, 0.15) is 23.2 Å². The normalized spacial score (nSPS) is 19.9. The summed E-state index contributed by atoms with van der Waals surface area (Å²) < 4.78 is 1.05. The van der Waals surface area contributed by atoms with Gasteiger partial charge in [-0.15, -0.1) is 11.3 Å². The number of hydrogen-bond acceptors (Lipinski definition) is 2. The van der Waals surface area contributed by atoms with Crippen LogP contribution in [0.5, 0.6) is 0 Å². The highest BCUT2D eigenvalue weighted by atomic mass is 79.9. The van der Waals surface area contributed by atoms with E-state index in [-0.39, 0.29) is 5.91 Å². The summed E-state index contributed by atoms with van der Waals surface area (Å²) >= 11 is 16.5. The van der Waals surface area contributed by atoms with E-state index in [1.807, 2.05) is 4.90 Å². The smallest absolute Gasteiger partial charge is 0.256 e. The van der Waals surface area contributed by atoms with Gasteiger partial charge in [-0.05, 0) is 24.8 Å². The average molecular weight is 357 g/mol. The van der Waals surface area contributed by atoms with Gasteiger partial charge in [0.15, 0.2) is 0 Å². The largest absolute Gasteiger partial charge is 0.338 e. The van der Waals surface area contributed by atoms with Gasteiger partial charge in [0.05, 0.1) is 9.90 Å². The second kappa shape index (κ2) is 5.91. The number of amides is 1. The Balaban J connectivity index is 2.04. The highest BCUT2D eigenvalue weighted by Crippen LogP contribution is 2.33. The Labute approximate surface area is 123 Å². The summed E-state index contributed by atoms with van der Waals surface area (Å²) in [5.41, 5.74) is 0.543. The Morgan fingerprint density at radius 1 is 1.59 bits per heavy atom. The maximum Gasteiger partial charge on any atom is 0.256 e. The summed E-state index contributed by atoms with van der Waals surface area (Å²) in [7, 11) is 0. The van der Waals surface area contributed by atoms with E-state index in [9.17, 15) is 4.79 Å². The molecule has 2 rings (SSSR count). The second-order valence-electron chi connectivity index (χ2n) is 4.12. The Morgan fingerprint density at radius 3 is 2.94 bits per heavy atom. The fourth-order valence-corrected chi connectivity index (χ4v) is 4.16. The SMILES string of the molecule is O=C(c1cc(Cl)sc1Cl)N1CCC(CCBr)C1. The molecule has 0 radical (unpaired) electrons. The quantitative estimate of drug-likeness (QED) is 0.739. The van der Waals surface area contributed by atoms with Crippen LogP contribution < -0.4 is 0 Å². The van der Waals surface area contributed by atoms with Crippen LogP contribution in [0, 0.1) is 5.92 Å². The number of hydrogen-bond donors (Lipinski definition) is 0. The molecular formula is C11H12BrCl2NOS. The summed E-state index contributed by atoms with van der Waals surface area (Å²) in [4.78, 5) is 14.1. The molecule has 0 aliphatic carbocycles. The van der Waals surface area contributed by atoms with Crippen LogP contribution in [0.25, 0.3) is 0 Å². The van der Waals surface area contributed by atoms with E-state index >= 15 is 0 Å². The molecule has 0 bridgehead atoms. The molecule has 1 unspecified atom stereocenters. The van der Waals surface area contributed by atoms with Crippen LogP contribution in [0.15, 0.2) is 6.07 Å². The molecule has 1 atom stereocenters. The first-order chi connectivity index (χ1) is 8.11. The third-order valence-electron chi connectivity index (χ3n) is 2.98. The van der Waals surface area contributed by atoms with Gasteiger partial charge in [0.2, 0.25) is 0 Å². The zero-order valence-corrected chi connectivity index (χ0v) is 13.0. The van der Waals surface area contributed by atoms with Gasteiger partial charge in [-0.2, -0.15) is 0 Å². The number of likely N-dealkylation sites (tertiary alicyclic amines) is 1. The standard InChI is InChI=1S/C11H12BrCl2NOS/c12-3-1-7-2-4-15(6-7)11(16)8-5-9(13)17-10(8)14/h5,7H,1-4,6H2. The second-order valence-corrected chi connectivity index (χ2v) is 7.20. The predicted octanol–water partition coefficient (Wildman–Crippen LogP) is 4.30. The minimum absolute atomic E-state index is 0.00947. The van der Waals surface area contributed by atoms with Gasteiger partial charge in [0.1, 0.15) is 4.34 Å². The van der Waals surface area contributed by atoms with E-state index in [0.29, 0.717) is 20.2 Å². The average Bonchev–Trinajstić information content (AvgIpc) is 2.85. The zero-order valence-electron chi connectivity index (χ0n) is 9.09. The number of carbonyl (C=O) groups is 1. The number of rotatable bonds is 3. The summed E-state index contributed by atoms with van der Waals surface area (Å²) in [6.07, 6.45) is 2.19. The molecule has 1 aromatic heterocycles. The van der Waals surface area contributed by atoms with Gasteiger partial charge in [-0.3, -0.25) is 4.79 Å². The molecule has 0 spiro atoms. The molecule has 94 valence electrons. The number of halogens is 3. The first-order valence-electron chi connectivity index (χ1n) is 5.42. The number of carbonyl (C=O) groups excluding carboxylic acids is 1. The number of alkyl halides is 1. The van der Waals surface area contributed by atoms with E-state index in [4.69, 9.17) is 23.2 Å². The van der Waals surface area contributed by atoms with E-state index in [0.717, 1.165) is 31.3 Å². The topological polar surface area (TPSA) is 20.3 Å².